The number of hydrogen-bond acceptors (Lipinski definition) is 3. The number of rotatable bonds is 3. The first-order valence-electron chi connectivity index (χ1n) is 7.30. The van der Waals surface area contributed by atoms with Crippen LogP contribution in [0.25, 0.3) is 0 Å². The molecule has 1 aromatic rings. The lowest BCUT2D eigenvalue weighted by molar-refractivity contribution is 0.451. The number of aromatic nitrogens is 2. The summed E-state index contributed by atoms with van der Waals surface area (Å²) in [6.45, 7) is 2.05. The zero-order valence-electron chi connectivity index (χ0n) is 11.2. The van der Waals surface area contributed by atoms with E-state index in [-0.39, 0.29) is 5.56 Å². The van der Waals surface area contributed by atoms with Crippen molar-refractivity contribution in [1.29, 1.82) is 0 Å². The lowest BCUT2D eigenvalue weighted by Crippen LogP contribution is -2.28. The first kappa shape index (κ1) is 12.6. The molecule has 2 heterocycles. The summed E-state index contributed by atoms with van der Waals surface area (Å²) in [6.07, 6.45) is 8.84. The minimum Gasteiger partial charge on any atom is -0.317 e. The van der Waals surface area contributed by atoms with Crippen molar-refractivity contribution in [2.75, 3.05) is 13.1 Å². The standard InChI is InChI=1S/C15H21N3O/c19-15-10-13(12-5-7-16-8-6-12)17-14(18-15)9-11-3-1-2-4-11/h3,10,12,16H,1-2,4-9H2,(H,17,18,19). The van der Waals surface area contributed by atoms with Gasteiger partial charge in [-0.1, -0.05) is 11.6 Å². The molecule has 0 atom stereocenters. The van der Waals surface area contributed by atoms with Crippen LogP contribution in [0.5, 0.6) is 0 Å². The summed E-state index contributed by atoms with van der Waals surface area (Å²) in [5.41, 5.74) is 2.40. The Morgan fingerprint density at radius 3 is 2.89 bits per heavy atom. The molecule has 1 fully saturated rings. The van der Waals surface area contributed by atoms with Crippen molar-refractivity contribution in [3.8, 4) is 0 Å². The highest BCUT2D eigenvalue weighted by molar-refractivity contribution is 5.16. The third-order valence-electron chi connectivity index (χ3n) is 4.10. The van der Waals surface area contributed by atoms with Gasteiger partial charge in [0.2, 0.25) is 0 Å². The van der Waals surface area contributed by atoms with Crippen LogP contribution in [0.3, 0.4) is 0 Å². The van der Waals surface area contributed by atoms with Gasteiger partial charge in [-0.05, 0) is 45.2 Å². The summed E-state index contributed by atoms with van der Waals surface area (Å²) >= 11 is 0. The smallest absolute Gasteiger partial charge is 0.251 e. The van der Waals surface area contributed by atoms with E-state index < -0.39 is 0 Å². The SMILES string of the molecule is O=c1cc(C2CCNCC2)nc(CC2=CCCC2)[nH]1. The van der Waals surface area contributed by atoms with Crippen molar-refractivity contribution < 1.29 is 0 Å². The number of allylic oxidation sites excluding steroid dienone is 2. The molecule has 4 heteroatoms. The van der Waals surface area contributed by atoms with E-state index in [4.69, 9.17) is 4.98 Å². The van der Waals surface area contributed by atoms with Gasteiger partial charge in [0, 0.05) is 18.4 Å². The Hall–Kier alpha value is -1.42. The summed E-state index contributed by atoms with van der Waals surface area (Å²) in [7, 11) is 0. The normalized spacial score (nSPS) is 20.5. The highest BCUT2D eigenvalue weighted by Gasteiger charge is 2.18. The summed E-state index contributed by atoms with van der Waals surface area (Å²) in [5.74, 6) is 1.29. The van der Waals surface area contributed by atoms with E-state index in [1.165, 1.54) is 18.4 Å². The summed E-state index contributed by atoms with van der Waals surface area (Å²) in [5, 5.41) is 3.35. The predicted octanol–water partition coefficient (Wildman–Crippen LogP) is 1.89. The Balaban J connectivity index is 1.80. The maximum absolute atomic E-state index is 11.8. The van der Waals surface area contributed by atoms with Crippen LogP contribution in [0.15, 0.2) is 22.5 Å². The molecular formula is C15H21N3O. The molecule has 2 aliphatic rings. The van der Waals surface area contributed by atoms with Crippen molar-refractivity contribution in [2.24, 2.45) is 0 Å². The summed E-state index contributed by atoms with van der Waals surface area (Å²) in [4.78, 5) is 19.4. The molecule has 1 aliphatic heterocycles. The highest BCUT2D eigenvalue weighted by Crippen LogP contribution is 2.24. The molecule has 1 aromatic heterocycles. The van der Waals surface area contributed by atoms with Gasteiger partial charge in [-0.15, -0.1) is 0 Å². The second kappa shape index (κ2) is 5.70. The summed E-state index contributed by atoms with van der Waals surface area (Å²) < 4.78 is 0. The van der Waals surface area contributed by atoms with Crippen LogP contribution >= 0.6 is 0 Å². The molecule has 4 nitrogen and oxygen atoms in total. The van der Waals surface area contributed by atoms with Crippen LogP contribution in [0.4, 0.5) is 0 Å². The van der Waals surface area contributed by atoms with Gasteiger partial charge < -0.3 is 10.3 Å². The fourth-order valence-corrected chi connectivity index (χ4v) is 3.05. The van der Waals surface area contributed by atoms with Gasteiger partial charge in [0.25, 0.3) is 5.56 Å². The van der Waals surface area contributed by atoms with Crippen LogP contribution < -0.4 is 10.9 Å². The first-order chi connectivity index (χ1) is 9.31. The van der Waals surface area contributed by atoms with E-state index in [0.29, 0.717) is 5.92 Å². The van der Waals surface area contributed by atoms with Crippen LogP contribution in [-0.4, -0.2) is 23.1 Å². The minimum absolute atomic E-state index is 0.00266. The second-order valence-electron chi connectivity index (χ2n) is 5.57. The molecule has 0 spiro atoms. The molecule has 1 saturated heterocycles. The topological polar surface area (TPSA) is 57.8 Å². The lowest BCUT2D eigenvalue weighted by atomic mass is 9.94. The van der Waals surface area contributed by atoms with Crippen molar-refractivity contribution in [3.05, 3.63) is 39.6 Å². The molecule has 0 saturated carbocycles. The van der Waals surface area contributed by atoms with Crippen molar-refractivity contribution in [3.63, 3.8) is 0 Å². The van der Waals surface area contributed by atoms with Crippen molar-refractivity contribution in [1.82, 2.24) is 15.3 Å². The Morgan fingerprint density at radius 2 is 2.16 bits per heavy atom. The van der Waals surface area contributed by atoms with Gasteiger partial charge in [0.05, 0.1) is 5.69 Å². The molecule has 0 aromatic carbocycles. The Labute approximate surface area is 113 Å². The highest BCUT2D eigenvalue weighted by atomic mass is 16.1. The minimum atomic E-state index is -0.00266. The molecule has 2 N–H and O–H groups in total. The quantitative estimate of drug-likeness (QED) is 0.815. The van der Waals surface area contributed by atoms with E-state index in [1.807, 2.05) is 0 Å². The van der Waals surface area contributed by atoms with Crippen molar-refractivity contribution >= 4 is 0 Å². The van der Waals surface area contributed by atoms with Gasteiger partial charge in [-0.3, -0.25) is 4.79 Å². The molecule has 0 bridgehead atoms. The first-order valence-corrected chi connectivity index (χ1v) is 7.30. The third-order valence-corrected chi connectivity index (χ3v) is 4.10. The van der Waals surface area contributed by atoms with Gasteiger partial charge in [0.15, 0.2) is 0 Å². The molecule has 1 aliphatic carbocycles. The predicted molar refractivity (Wildman–Crippen MR) is 75.3 cm³/mol. The van der Waals surface area contributed by atoms with E-state index in [9.17, 15) is 4.79 Å². The molecule has 3 rings (SSSR count). The maximum atomic E-state index is 11.8. The molecule has 19 heavy (non-hydrogen) atoms. The zero-order valence-corrected chi connectivity index (χ0v) is 11.2. The third kappa shape index (κ3) is 3.13. The molecule has 102 valence electrons. The average molecular weight is 259 g/mol. The van der Waals surface area contributed by atoms with Crippen LogP contribution in [0, 0.1) is 0 Å². The summed E-state index contributed by atoms with van der Waals surface area (Å²) in [6, 6.07) is 1.68. The van der Waals surface area contributed by atoms with E-state index in [2.05, 4.69) is 16.4 Å². The van der Waals surface area contributed by atoms with Crippen LogP contribution in [0.2, 0.25) is 0 Å². The number of piperidine rings is 1. The van der Waals surface area contributed by atoms with Gasteiger partial charge in [-0.2, -0.15) is 0 Å². The Kier molecular flexibility index (Phi) is 3.78. The monoisotopic (exact) mass is 259 g/mol. The fraction of sp³-hybridized carbons (Fsp3) is 0.600. The molecule has 0 radical (unpaired) electrons. The Morgan fingerprint density at radius 1 is 1.32 bits per heavy atom. The number of aromatic amines is 1. The average Bonchev–Trinajstić information content (AvgIpc) is 2.92. The van der Waals surface area contributed by atoms with Gasteiger partial charge in [0.1, 0.15) is 5.82 Å². The number of nitrogens with zero attached hydrogens (tertiary/aromatic N) is 1. The maximum Gasteiger partial charge on any atom is 0.251 e. The van der Waals surface area contributed by atoms with E-state index >= 15 is 0 Å². The molecular weight excluding hydrogens is 238 g/mol. The number of H-pyrrole nitrogens is 1. The van der Waals surface area contributed by atoms with E-state index in [0.717, 1.165) is 50.3 Å². The fourth-order valence-electron chi connectivity index (χ4n) is 3.05. The van der Waals surface area contributed by atoms with Crippen LogP contribution in [-0.2, 0) is 6.42 Å². The zero-order chi connectivity index (χ0) is 13.1. The molecule has 0 amide bonds. The second-order valence-corrected chi connectivity index (χ2v) is 5.57. The largest absolute Gasteiger partial charge is 0.317 e. The van der Waals surface area contributed by atoms with Gasteiger partial charge in [-0.25, -0.2) is 4.98 Å². The lowest BCUT2D eigenvalue weighted by Gasteiger charge is -2.22. The van der Waals surface area contributed by atoms with Crippen molar-refractivity contribution in [2.45, 2.75) is 44.4 Å². The Bertz CT molecular complexity index is 526. The van der Waals surface area contributed by atoms with E-state index in [1.54, 1.807) is 6.07 Å². The van der Waals surface area contributed by atoms with Gasteiger partial charge >= 0.3 is 0 Å². The number of hydrogen-bond donors (Lipinski definition) is 2. The molecule has 0 unspecified atom stereocenters. The number of nitrogens with one attached hydrogen (secondary N) is 2. The van der Waals surface area contributed by atoms with Crippen LogP contribution in [0.1, 0.15) is 49.5 Å².